The van der Waals surface area contributed by atoms with E-state index in [0.29, 0.717) is 6.61 Å². The van der Waals surface area contributed by atoms with E-state index in [1.165, 1.54) is 5.56 Å². The normalized spacial score (nSPS) is 12.2. The maximum absolute atomic E-state index is 9.69. The Balaban J connectivity index is 2.05. The summed E-state index contributed by atoms with van der Waals surface area (Å²) in [5.41, 5.74) is 3.29. The molecule has 0 saturated heterocycles. The first-order chi connectivity index (χ1) is 9.20. The van der Waals surface area contributed by atoms with Gasteiger partial charge in [0.25, 0.3) is 0 Å². The summed E-state index contributed by atoms with van der Waals surface area (Å²) in [6, 6.07) is 16.0. The Hall–Kier alpha value is -1.80. The van der Waals surface area contributed by atoms with Gasteiger partial charge in [-0.3, -0.25) is 0 Å². The molecule has 100 valence electrons. The van der Waals surface area contributed by atoms with Crippen LogP contribution in [0.15, 0.2) is 48.5 Å². The van der Waals surface area contributed by atoms with Crippen LogP contribution < -0.4 is 4.74 Å². The molecule has 2 heteroatoms. The van der Waals surface area contributed by atoms with Crippen molar-refractivity contribution < 1.29 is 9.84 Å². The first kappa shape index (κ1) is 13.6. The lowest BCUT2D eigenvalue weighted by Crippen LogP contribution is -2.00. The fraction of sp³-hybridized carbons (Fsp3) is 0.294. The minimum absolute atomic E-state index is 0.515. The van der Waals surface area contributed by atoms with E-state index in [-0.39, 0.29) is 0 Å². The van der Waals surface area contributed by atoms with Crippen LogP contribution in [-0.2, 0) is 13.0 Å². The molecule has 2 nitrogen and oxygen atoms in total. The van der Waals surface area contributed by atoms with E-state index < -0.39 is 6.10 Å². The second-order valence-electron chi connectivity index (χ2n) is 4.67. The highest BCUT2D eigenvalue weighted by Gasteiger charge is 2.08. The Morgan fingerprint density at radius 3 is 2.26 bits per heavy atom. The highest BCUT2D eigenvalue weighted by molar-refractivity contribution is 5.35. The summed E-state index contributed by atoms with van der Waals surface area (Å²) in [5, 5.41) is 9.69. The molecule has 0 aliphatic carbocycles. The molecular formula is C17H20O2. The Bertz CT molecular complexity index is 515. The van der Waals surface area contributed by atoms with Gasteiger partial charge in [-0.15, -0.1) is 0 Å². The molecular weight excluding hydrogens is 236 g/mol. The summed E-state index contributed by atoms with van der Waals surface area (Å²) in [7, 11) is 0. The molecule has 0 aromatic heterocycles. The van der Waals surface area contributed by atoms with Gasteiger partial charge in [-0.2, -0.15) is 0 Å². The molecule has 1 N–H and O–H groups in total. The van der Waals surface area contributed by atoms with E-state index in [0.717, 1.165) is 23.3 Å². The zero-order chi connectivity index (χ0) is 13.7. The van der Waals surface area contributed by atoms with Crippen molar-refractivity contribution in [3.8, 4) is 5.75 Å². The largest absolute Gasteiger partial charge is 0.489 e. The summed E-state index contributed by atoms with van der Waals surface area (Å²) < 4.78 is 5.80. The lowest BCUT2D eigenvalue weighted by atomic mass is 10.1. The Morgan fingerprint density at radius 2 is 1.63 bits per heavy atom. The van der Waals surface area contributed by atoms with Crippen LogP contribution in [0, 0.1) is 0 Å². The van der Waals surface area contributed by atoms with Crippen LogP contribution in [0.1, 0.15) is 36.6 Å². The molecule has 0 heterocycles. The number of benzene rings is 2. The van der Waals surface area contributed by atoms with Crippen molar-refractivity contribution in [3.05, 3.63) is 65.2 Å². The van der Waals surface area contributed by atoms with Crippen LogP contribution >= 0.6 is 0 Å². The fourth-order valence-electron chi connectivity index (χ4n) is 1.99. The van der Waals surface area contributed by atoms with Gasteiger partial charge in [0.15, 0.2) is 0 Å². The van der Waals surface area contributed by atoms with Crippen molar-refractivity contribution in [1.82, 2.24) is 0 Å². The summed E-state index contributed by atoms with van der Waals surface area (Å²) in [6.45, 7) is 4.41. The van der Waals surface area contributed by atoms with Crippen LogP contribution in [0.2, 0.25) is 0 Å². The molecule has 2 rings (SSSR count). The average molecular weight is 256 g/mol. The van der Waals surface area contributed by atoms with Crippen LogP contribution in [0.5, 0.6) is 5.75 Å². The second-order valence-corrected chi connectivity index (χ2v) is 4.67. The van der Waals surface area contributed by atoms with Crippen molar-refractivity contribution >= 4 is 0 Å². The van der Waals surface area contributed by atoms with E-state index in [1.807, 2.05) is 24.3 Å². The van der Waals surface area contributed by atoms with Gasteiger partial charge in [0, 0.05) is 5.56 Å². The molecule has 0 saturated carbocycles. The Morgan fingerprint density at radius 1 is 1.00 bits per heavy atom. The van der Waals surface area contributed by atoms with Crippen molar-refractivity contribution in [2.45, 2.75) is 33.0 Å². The molecule has 0 radical (unpaired) electrons. The Labute approximate surface area is 114 Å². The van der Waals surface area contributed by atoms with Crippen LogP contribution in [0.25, 0.3) is 0 Å². The van der Waals surface area contributed by atoms with Crippen LogP contribution in [-0.4, -0.2) is 5.11 Å². The molecule has 0 bridgehead atoms. The topological polar surface area (TPSA) is 29.5 Å². The number of hydrogen-bond acceptors (Lipinski definition) is 2. The van der Waals surface area contributed by atoms with E-state index in [1.54, 1.807) is 6.92 Å². The van der Waals surface area contributed by atoms with Gasteiger partial charge in [-0.05, 0) is 30.5 Å². The van der Waals surface area contributed by atoms with E-state index in [4.69, 9.17) is 4.74 Å². The van der Waals surface area contributed by atoms with Crippen molar-refractivity contribution in [1.29, 1.82) is 0 Å². The number of aliphatic hydroxyl groups is 1. The molecule has 0 aliphatic rings. The van der Waals surface area contributed by atoms with Gasteiger partial charge >= 0.3 is 0 Å². The lowest BCUT2D eigenvalue weighted by Gasteiger charge is -2.13. The third-order valence-corrected chi connectivity index (χ3v) is 3.19. The van der Waals surface area contributed by atoms with E-state index in [2.05, 4.69) is 31.2 Å². The van der Waals surface area contributed by atoms with Gasteiger partial charge in [-0.1, -0.05) is 49.4 Å². The number of aliphatic hydroxyl groups excluding tert-OH is 1. The second kappa shape index (κ2) is 6.39. The standard InChI is InChI=1S/C17H20O2/c1-3-14-8-10-15(11-9-14)12-19-17-7-5-4-6-16(17)13(2)18/h4-11,13,18H,3,12H2,1-2H3. The van der Waals surface area contributed by atoms with Gasteiger partial charge in [0.1, 0.15) is 12.4 Å². The lowest BCUT2D eigenvalue weighted by molar-refractivity contribution is 0.190. The highest BCUT2D eigenvalue weighted by atomic mass is 16.5. The summed E-state index contributed by atoms with van der Waals surface area (Å²) in [5.74, 6) is 0.747. The molecule has 19 heavy (non-hydrogen) atoms. The molecule has 0 fully saturated rings. The van der Waals surface area contributed by atoms with Crippen molar-refractivity contribution in [3.63, 3.8) is 0 Å². The zero-order valence-corrected chi connectivity index (χ0v) is 11.5. The minimum Gasteiger partial charge on any atom is -0.489 e. The molecule has 0 amide bonds. The number of ether oxygens (including phenoxy) is 1. The molecule has 0 aliphatic heterocycles. The number of para-hydroxylation sites is 1. The third-order valence-electron chi connectivity index (χ3n) is 3.19. The summed E-state index contributed by atoms with van der Waals surface area (Å²) >= 11 is 0. The quantitative estimate of drug-likeness (QED) is 0.879. The maximum atomic E-state index is 9.69. The Kier molecular flexibility index (Phi) is 4.58. The van der Waals surface area contributed by atoms with Gasteiger partial charge < -0.3 is 9.84 Å². The number of aryl methyl sites for hydroxylation is 1. The van der Waals surface area contributed by atoms with E-state index in [9.17, 15) is 5.11 Å². The predicted molar refractivity (Wildman–Crippen MR) is 77.2 cm³/mol. The molecule has 1 unspecified atom stereocenters. The first-order valence-corrected chi connectivity index (χ1v) is 6.68. The van der Waals surface area contributed by atoms with Crippen molar-refractivity contribution in [2.24, 2.45) is 0 Å². The average Bonchev–Trinajstić information content (AvgIpc) is 2.46. The first-order valence-electron chi connectivity index (χ1n) is 6.68. The number of rotatable bonds is 5. The zero-order valence-electron chi connectivity index (χ0n) is 11.5. The van der Waals surface area contributed by atoms with Crippen LogP contribution in [0.3, 0.4) is 0 Å². The molecule has 2 aromatic rings. The van der Waals surface area contributed by atoms with Crippen molar-refractivity contribution in [2.75, 3.05) is 0 Å². The van der Waals surface area contributed by atoms with Gasteiger partial charge in [0.05, 0.1) is 6.10 Å². The van der Waals surface area contributed by atoms with Gasteiger partial charge in [0.2, 0.25) is 0 Å². The minimum atomic E-state index is -0.515. The molecule has 1 atom stereocenters. The monoisotopic (exact) mass is 256 g/mol. The van der Waals surface area contributed by atoms with E-state index >= 15 is 0 Å². The summed E-state index contributed by atoms with van der Waals surface area (Å²) in [4.78, 5) is 0. The van der Waals surface area contributed by atoms with Gasteiger partial charge in [-0.25, -0.2) is 0 Å². The predicted octanol–water partition coefficient (Wildman–Crippen LogP) is 3.88. The SMILES string of the molecule is CCc1ccc(COc2ccccc2C(C)O)cc1. The molecule has 0 spiro atoms. The maximum Gasteiger partial charge on any atom is 0.125 e. The smallest absolute Gasteiger partial charge is 0.125 e. The highest BCUT2D eigenvalue weighted by Crippen LogP contribution is 2.25. The third kappa shape index (κ3) is 3.58. The molecule has 2 aromatic carbocycles. The van der Waals surface area contributed by atoms with Crippen LogP contribution in [0.4, 0.5) is 0 Å². The summed E-state index contributed by atoms with van der Waals surface area (Å²) in [6.07, 6.45) is 0.532. The fourth-order valence-corrected chi connectivity index (χ4v) is 1.99. The number of hydrogen-bond donors (Lipinski definition) is 1.